The van der Waals surface area contributed by atoms with Gasteiger partial charge >= 0.3 is 0 Å². The number of rotatable bonds is 4. The minimum atomic E-state index is -0.0428. The zero-order valence-electron chi connectivity index (χ0n) is 16.8. The first-order valence-corrected chi connectivity index (χ1v) is 11.3. The Bertz CT molecular complexity index is 1060. The molecule has 3 aromatic rings. The maximum Gasteiger partial charge on any atom is 0.170 e. The highest BCUT2D eigenvalue weighted by molar-refractivity contribution is 7.80. The molecule has 2 fully saturated rings. The van der Waals surface area contributed by atoms with Gasteiger partial charge in [0.05, 0.1) is 11.7 Å². The van der Waals surface area contributed by atoms with Crippen LogP contribution < -0.4 is 5.32 Å². The molecule has 1 aliphatic heterocycles. The lowest BCUT2D eigenvalue weighted by Gasteiger charge is -2.31. The van der Waals surface area contributed by atoms with Gasteiger partial charge in [0, 0.05) is 22.8 Å². The van der Waals surface area contributed by atoms with Gasteiger partial charge < -0.3 is 14.6 Å². The van der Waals surface area contributed by atoms with E-state index in [1.54, 1.807) is 0 Å². The van der Waals surface area contributed by atoms with E-state index in [9.17, 15) is 0 Å². The monoisotopic (exact) mass is 437 g/mol. The Morgan fingerprint density at radius 3 is 2.73 bits per heavy atom. The van der Waals surface area contributed by atoms with E-state index < -0.39 is 0 Å². The predicted octanol–water partition coefficient (Wildman–Crippen LogP) is 6.22. The van der Waals surface area contributed by atoms with Crippen molar-refractivity contribution in [1.82, 2.24) is 15.2 Å². The highest BCUT2D eigenvalue weighted by Crippen LogP contribution is 2.44. The summed E-state index contributed by atoms with van der Waals surface area (Å²) in [5, 5.41) is 5.02. The quantitative estimate of drug-likeness (QED) is 0.491. The number of thiocarbonyl (C=S) groups is 1. The average Bonchev–Trinajstić information content (AvgIpc) is 3.49. The van der Waals surface area contributed by atoms with Gasteiger partial charge in [-0.3, -0.25) is 4.98 Å². The number of nitrogens with one attached hydrogen (secondary N) is 1. The van der Waals surface area contributed by atoms with Crippen LogP contribution >= 0.6 is 23.8 Å². The van der Waals surface area contributed by atoms with Crippen LogP contribution in [-0.4, -0.2) is 21.0 Å². The van der Waals surface area contributed by atoms with Crippen molar-refractivity contribution in [3.05, 3.63) is 76.8 Å². The number of halogens is 1. The summed E-state index contributed by atoms with van der Waals surface area (Å²) in [5.41, 5.74) is 3.13. The van der Waals surface area contributed by atoms with E-state index >= 15 is 0 Å². The molecule has 5 rings (SSSR count). The summed E-state index contributed by atoms with van der Waals surface area (Å²) in [6, 6.07) is 16.4. The van der Waals surface area contributed by atoms with Crippen molar-refractivity contribution < 1.29 is 4.42 Å². The molecule has 3 heterocycles. The average molecular weight is 438 g/mol. The van der Waals surface area contributed by atoms with Gasteiger partial charge in [-0.25, -0.2) is 0 Å². The van der Waals surface area contributed by atoms with Crippen LogP contribution in [0.15, 0.2) is 59.1 Å². The lowest BCUT2D eigenvalue weighted by Crippen LogP contribution is -2.37. The third-order valence-corrected chi connectivity index (χ3v) is 6.80. The molecule has 1 saturated carbocycles. The van der Waals surface area contributed by atoms with Crippen LogP contribution in [0.3, 0.4) is 0 Å². The van der Waals surface area contributed by atoms with E-state index in [4.69, 9.17) is 28.2 Å². The predicted molar refractivity (Wildman–Crippen MR) is 123 cm³/mol. The van der Waals surface area contributed by atoms with Crippen molar-refractivity contribution in [1.29, 1.82) is 0 Å². The molecule has 1 N–H and O–H groups in total. The minimum Gasteiger partial charge on any atom is -0.459 e. The topological polar surface area (TPSA) is 41.3 Å². The molecular weight excluding hydrogens is 414 g/mol. The smallest absolute Gasteiger partial charge is 0.170 e. The molecule has 1 aromatic carbocycles. The zero-order valence-corrected chi connectivity index (χ0v) is 18.4. The maximum atomic E-state index is 6.45. The molecule has 154 valence electrons. The molecular formula is C24H24ClN3OS. The summed E-state index contributed by atoms with van der Waals surface area (Å²) in [4.78, 5) is 6.97. The lowest BCUT2D eigenvalue weighted by molar-refractivity contribution is 0.218. The third kappa shape index (κ3) is 3.50. The minimum absolute atomic E-state index is 0.0243. The molecule has 2 atom stereocenters. The second-order valence-electron chi connectivity index (χ2n) is 8.13. The molecule has 0 radical (unpaired) electrons. The second kappa shape index (κ2) is 8.05. The van der Waals surface area contributed by atoms with E-state index in [2.05, 4.69) is 34.3 Å². The lowest BCUT2D eigenvalue weighted by atomic mass is 10.0. The largest absolute Gasteiger partial charge is 0.459 e. The first-order valence-electron chi connectivity index (χ1n) is 10.5. The molecule has 30 heavy (non-hydrogen) atoms. The fourth-order valence-electron chi connectivity index (χ4n) is 4.76. The summed E-state index contributed by atoms with van der Waals surface area (Å²) in [5.74, 6) is 1.73. The Kier molecular flexibility index (Phi) is 5.25. The van der Waals surface area contributed by atoms with Crippen LogP contribution in [0.2, 0.25) is 5.02 Å². The highest BCUT2D eigenvalue weighted by Gasteiger charge is 2.45. The number of hydrogen-bond acceptors (Lipinski definition) is 3. The molecule has 0 spiro atoms. The summed E-state index contributed by atoms with van der Waals surface area (Å²) in [6.07, 6.45) is 6.65. The fourth-order valence-corrected chi connectivity index (χ4v) is 5.32. The molecule has 6 heteroatoms. The summed E-state index contributed by atoms with van der Waals surface area (Å²) in [6.45, 7) is 2.07. The molecule has 0 unspecified atom stereocenters. The first kappa shape index (κ1) is 19.6. The van der Waals surface area contributed by atoms with Crippen molar-refractivity contribution in [2.24, 2.45) is 0 Å². The molecule has 0 amide bonds. The van der Waals surface area contributed by atoms with Crippen molar-refractivity contribution in [2.75, 3.05) is 0 Å². The van der Waals surface area contributed by atoms with E-state index in [0.29, 0.717) is 11.1 Å². The second-order valence-corrected chi connectivity index (χ2v) is 8.96. The van der Waals surface area contributed by atoms with Crippen LogP contribution in [-0.2, 0) is 0 Å². The van der Waals surface area contributed by atoms with Crippen LogP contribution in [0.4, 0.5) is 0 Å². The van der Waals surface area contributed by atoms with Crippen molar-refractivity contribution in [3.8, 4) is 11.3 Å². The Morgan fingerprint density at radius 2 is 1.97 bits per heavy atom. The fraction of sp³-hybridized carbons (Fsp3) is 0.333. The summed E-state index contributed by atoms with van der Waals surface area (Å²) >= 11 is 12.0. The van der Waals surface area contributed by atoms with Gasteiger partial charge in [0.2, 0.25) is 0 Å². The van der Waals surface area contributed by atoms with Gasteiger partial charge in [-0.1, -0.05) is 36.6 Å². The van der Waals surface area contributed by atoms with E-state index in [1.807, 2.05) is 42.6 Å². The number of benzene rings is 1. The van der Waals surface area contributed by atoms with Crippen molar-refractivity contribution in [3.63, 3.8) is 0 Å². The van der Waals surface area contributed by atoms with Gasteiger partial charge in [-0.15, -0.1) is 0 Å². The van der Waals surface area contributed by atoms with Crippen LogP contribution in [0, 0.1) is 6.92 Å². The first-order chi connectivity index (χ1) is 14.6. The molecule has 4 nitrogen and oxygen atoms in total. The number of aryl methyl sites for hydroxylation is 1. The number of furan rings is 1. The molecule has 0 bridgehead atoms. The van der Waals surface area contributed by atoms with Crippen molar-refractivity contribution in [2.45, 2.75) is 50.7 Å². The molecule has 1 saturated heterocycles. The third-order valence-electron chi connectivity index (χ3n) is 6.24. The van der Waals surface area contributed by atoms with Crippen LogP contribution in [0.5, 0.6) is 0 Å². The zero-order chi connectivity index (χ0) is 20.7. The van der Waals surface area contributed by atoms with Crippen LogP contribution in [0.1, 0.15) is 54.8 Å². The van der Waals surface area contributed by atoms with Crippen LogP contribution in [0.25, 0.3) is 11.3 Å². The number of nitrogens with zero attached hydrogens (tertiary/aromatic N) is 2. The van der Waals surface area contributed by atoms with E-state index in [-0.39, 0.29) is 12.1 Å². The molecule has 2 aliphatic rings. The standard InChI is InChI=1S/C24H24ClN3OS/c1-15-9-10-16(25)14-18(15)20-11-12-21(29-20)23-22(19-8-4-5-13-26-19)27-24(30)28(23)17-6-2-3-7-17/h4-5,8-14,17,22-23H,2-3,6-7H2,1H3,(H,27,30)/t22-,23-/m1/s1. The Labute approximate surface area is 187 Å². The SMILES string of the molecule is Cc1ccc(Cl)cc1-c1ccc([C@@H]2[C@@H](c3ccccn3)NC(=S)N2C2CCCC2)o1. The van der Waals surface area contributed by atoms with Gasteiger partial charge in [0.15, 0.2) is 5.11 Å². The van der Waals surface area contributed by atoms with Gasteiger partial charge in [-0.2, -0.15) is 0 Å². The van der Waals surface area contributed by atoms with E-state index in [1.165, 1.54) is 12.8 Å². The summed E-state index contributed by atoms with van der Waals surface area (Å²) < 4.78 is 6.45. The number of aromatic nitrogens is 1. The Hall–Kier alpha value is -2.37. The number of hydrogen-bond donors (Lipinski definition) is 1. The maximum absolute atomic E-state index is 6.45. The van der Waals surface area contributed by atoms with Gasteiger partial charge in [-0.05, 0) is 73.9 Å². The normalized spacial score (nSPS) is 21.9. The Balaban J connectivity index is 1.56. The van der Waals surface area contributed by atoms with Gasteiger partial charge in [0.1, 0.15) is 17.6 Å². The molecule has 1 aliphatic carbocycles. The van der Waals surface area contributed by atoms with Crippen molar-refractivity contribution >= 4 is 28.9 Å². The summed E-state index contributed by atoms with van der Waals surface area (Å²) in [7, 11) is 0. The molecule has 2 aromatic heterocycles. The Morgan fingerprint density at radius 1 is 1.13 bits per heavy atom. The highest BCUT2D eigenvalue weighted by atomic mass is 35.5. The van der Waals surface area contributed by atoms with Gasteiger partial charge in [0.25, 0.3) is 0 Å². The number of pyridine rings is 1. The van der Waals surface area contributed by atoms with E-state index in [0.717, 1.165) is 46.3 Å².